The first-order valence-corrected chi connectivity index (χ1v) is 14.9. The summed E-state index contributed by atoms with van der Waals surface area (Å²) in [6.45, 7) is 4.88. The van der Waals surface area contributed by atoms with Gasteiger partial charge in [-0.25, -0.2) is 15.0 Å². The summed E-state index contributed by atoms with van der Waals surface area (Å²) in [4.78, 5) is 14.9. The van der Waals surface area contributed by atoms with E-state index >= 15 is 0 Å². The Hall–Kier alpha value is -4.36. The molecule has 5 aromatic rings. The van der Waals surface area contributed by atoms with E-state index in [2.05, 4.69) is 44.2 Å². The Balaban J connectivity index is 1.34. The number of hydrogen-bond donors (Lipinski definition) is 0. The summed E-state index contributed by atoms with van der Waals surface area (Å²) in [7, 11) is 0. The molecule has 2 bridgehead atoms. The van der Waals surface area contributed by atoms with Crippen molar-refractivity contribution in [1.82, 2.24) is 15.0 Å². The summed E-state index contributed by atoms with van der Waals surface area (Å²) < 4.78 is 0. The van der Waals surface area contributed by atoms with Gasteiger partial charge >= 0.3 is 0 Å². The summed E-state index contributed by atoms with van der Waals surface area (Å²) in [6.07, 6.45) is 6.65. The van der Waals surface area contributed by atoms with Crippen LogP contribution in [0, 0.1) is 29.1 Å². The molecule has 2 fully saturated rings. The minimum absolute atomic E-state index is 0.291. The Morgan fingerprint density at radius 3 is 1.88 bits per heavy atom. The second-order valence-electron chi connectivity index (χ2n) is 12.5. The Labute approximate surface area is 242 Å². The third-order valence-electron chi connectivity index (χ3n) is 9.34. The van der Waals surface area contributed by atoms with Gasteiger partial charge in [-0.2, -0.15) is 5.26 Å². The van der Waals surface area contributed by atoms with Gasteiger partial charge in [-0.3, -0.25) is 0 Å². The van der Waals surface area contributed by atoms with Crippen LogP contribution in [0.3, 0.4) is 0 Å². The maximum absolute atomic E-state index is 9.69. The number of hydrogen-bond acceptors (Lipinski definition) is 4. The lowest BCUT2D eigenvalue weighted by Gasteiger charge is -2.50. The molecular weight excluding hydrogens is 500 g/mol. The zero-order valence-electron chi connectivity index (χ0n) is 23.7. The first kappa shape index (κ1) is 25.6. The topological polar surface area (TPSA) is 62.5 Å². The second kappa shape index (κ2) is 10.2. The van der Waals surface area contributed by atoms with E-state index in [4.69, 9.17) is 15.0 Å². The van der Waals surface area contributed by atoms with E-state index in [-0.39, 0.29) is 0 Å². The number of nitriles is 1. The molecule has 1 heterocycles. The summed E-state index contributed by atoms with van der Waals surface area (Å²) in [5, 5.41) is 11.6. The SMILES string of the molecule is C[C@@H]1CC2C[C@H](C)CC(c3ccc(-c4nc(-c5ccccc5)nc(-c5ccc(C#N)c6ccccc56)n4)cc3)(C2)C1. The molecule has 2 saturated carbocycles. The molecule has 0 spiro atoms. The van der Waals surface area contributed by atoms with Crippen LogP contribution in [-0.2, 0) is 5.41 Å². The maximum Gasteiger partial charge on any atom is 0.164 e. The van der Waals surface area contributed by atoms with Crippen LogP contribution >= 0.6 is 0 Å². The zero-order chi connectivity index (χ0) is 28.0. The average Bonchev–Trinajstić information content (AvgIpc) is 3.00. The van der Waals surface area contributed by atoms with Gasteiger partial charge in [0, 0.05) is 22.1 Å². The van der Waals surface area contributed by atoms with Crippen molar-refractivity contribution in [3.63, 3.8) is 0 Å². The lowest BCUT2D eigenvalue weighted by Crippen LogP contribution is -2.42. The molecule has 0 aliphatic heterocycles. The number of aromatic nitrogens is 3. The zero-order valence-corrected chi connectivity index (χ0v) is 23.7. The lowest BCUT2D eigenvalue weighted by atomic mass is 9.54. The lowest BCUT2D eigenvalue weighted by molar-refractivity contribution is 0.0780. The molecule has 4 aromatic carbocycles. The van der Waals surface area contributed by atoms with Crippen molar-refractivity contribution in [2.75, 3.05) is 0 Å². The molecule has 7 rings (SSSR count). The minimum Gasteiger partial charge on any atom is -0.208 e. The van der Waals surface area contributed by atoms with Gasteiger partial charge < -0.3 is 0 Å². The van der Waals surface area contributed by atoms with Gasteiger partial charge in [0.15, 0.2) is 17.5 Å². The molecular formula is C37H34N4. The molecule has 1 aromatic heterocycles. The smallest absolute Gasteiger partial charge is 0.164 e. The fraction of sp³-hybridized carbons (Fsp3) is 0.297. The standard InChI is InChI=1S/C37H34N4/c1-24-18-26-19-25(2)21-37(20-24,22-26)30-15-12-28(13-16-30)35-39-34(27-8-4-3-5-9-27)40-36(41-35)33-17-14-29(23-38)31-10-6-7-11-32(31)33/h3-17,24-26H,18-22H2,1-2H3/t24-,25+,26?,37?. The molecule has 2 aliphatic rings. The molecule has 2 unspecified atom stereocenters. The monoisotopic (exact) mass is 534 g/mol. The van der Waals surface area contributed by atoms with Crippen LogP contribution in [0.2, 0.25) is 0 Å². The molecule has 4 nitrogen and oxygen atoms in total. The predicted octanol–water partition coefficient (Wildman–Crippen LogP) is 9.00. The Morgan fingerprint density at radius 2 is 1.22 bits per heavy atom. The fourth-order valence-electron chi connectivity index (χ4n) is 7.96. The third kappa shape index (κ3) is 4.70. The van der Waals surface area contributed by atoms with Crippen molar-refractivity contribution in [3.8, 4) is 40.2 Å². The van der Waals surface area contributed by atoms with Gasteiger partial charge in [0.25, 0.3) is 0 Å². The van der Waals surface area contributed by atoms with Crippen LogP contribution in [0.5, 0.6) is 0 Å². The van der Waals surface area contributed by atoms with Crippen molar-refractivity contribution in [2.45, 2.75) is 51.4 Å². The third-order valence-corrected chi connectivity index (χ3v) is 9.34. The highest BCUT2D eigenvalue weighted by atomic mass is 15.0. The highest BCUT2D eigenvalue weighted by molar-refractivity contribution is 5.98. The van der Waals surface area contributed by atoms with Crippen LogP contribution in [0.4, 0.5) is 0 Å². The van der Waals surface area contributed by atoms with Gasteiger partial charge in [-0.15, -0.1) is 0 Å². The number of nitrogens with zero attached hydrogens (tertiary/aromatic N) is 4. The molecule has 0 radical (unpaired) electrons. The van der Waals surface area contributed by atoms with E-state index in [1.54, 1.807) is 0 Å². The van der Waals surface area contributed by atoms with Gasteiger partial charge in [-0.05, 0) is 78.4 Å². The highest BCUT2D eigenvalue weighted by Gasteiger charge is 2.45. The van der Waals surface area contributed by atoms with E-state index in [0.717, 1.165) is 45.2 Å². The van der Waals surface area contributed by atoms with Crippen molar-refractivity contribution >= 4 is 10.8 Å². The number of fused-ring (bicyclic) bond motifs is 3. The molecule has 4 atom stereocenters. The number of rotatable bonds is 4. The fourth-order valence-corrected chi connectivity index (χ4v) is 7.96. The quantitative estimate of drug-likeness (QED) is 0.231. The van der Waals surface area contributed by atoms with E-state index in [1.165, 1.54) is 37.7 Å². The normalized spacial score (nSPS) is 23.7. The van der Waals surface area contributed by atoms with Crippen molar-refractivity contribution in [1.29, 1.82) is 5.26 Å². The van der Waals surface area contributed by atoms with Crippen LogP contribution < -0.4 is 0 Å². The molecule has 202 valence electrons. The summed E-state index contributed by atoms with van der Waals surface area (Å²) in [5.74, 6) is 4.33. The van der Waals surface area contributed by atoms with Crippen LogP contribution in [0.15, 0.2) is 91.0 Å². The van der Waals surface area contributed by atoms with Crippen molar-refractivity contribution in [3.05, 3.63) is 102 Å². The van der Waals surface area contributed by atoms with Gasteiger partial charge in [0.2, 0.25) is 0 Å². The number of benzene rings is 4. The predicted molar refractivity (Wildman–Crippen MR) is 165 cm³/mol. The highest BCUT2D eigenvalue weighted by Crippen LogP contribution is 2.54. The molecule has 2 aliphatic carbocycles. The Bertz CT molecular complexity index is 1750. The second-order valence-corrected chi connectivity index (χ2v) is 12.5. The van der Waals surface area contributed by atoms with E-state index in [9.17, 15) is 5.26 Å². The Kier molecular flexibility index (Phi) is 6.39. The van der Waals surface area contributed by atoms with E-state index in [0.29, 0.717) is 28.5 Å². The summed E-state index contributed by atoms with van der Waals surface area (Å²) in [6, 6.07) is 33.3. The van der Waals surface area contributed by atoms with Crippen molar-refractivity contribution in [2.24, 2.45) is 17.8 Å². The van der Waals surface area contributed by atoms with Crippen molar-refractivity contribution < 1.29 is 0 Å². The van der Waals surface area contributed by atoms with E-state index < -0.39 is 0 Å². The molecule has 0 amide bonds. The maximum atomic E-state index is 9.69. The first-order valence-electron chi connectivity index (χ1n) is 14.9. The summed E-state index contributed by atoms with van der Waals surface area (Å²) >= 11 is 0. The molecule has 0 N–H and O–H groups in total. The van der Waals surface area contributed by atoms with Gasteiger partial charge in [0.05, 0.1) is 11.6 Å². The average molecular weight is 535 g/mol. The van der Waals surface area contributed by atoms with Gasteiger partial charge in [0.1, 0.15) is 0 Å². The van der Waals surface area contributed by atoms with Crippen LogP contribution in [0.25, 0.3) is 44.9 Å². The minimum atomic E-state index is 0.291. The first-order chi connectivity index (χ1) is 20.0. The molecule has 4 heteroatoms. The van der Waals surface area contributed by atoms with E-state index in [1.807, 2.05) is 66.7 Å². The van der Waals surface area contributed by atoms with Crippen LogP contribution in [0.1, 0.15) is 57.1 Å². The van der Waals surface area contributed by atoms with Crippen LogP contribution in [-0.4, -0.2) is 15.0 Å². The van der Waals surface area contributed by atoms with Gasteiger partial charge in [-0.1, -0.05) is 92.7 Å². The molecule has 41 heavy (non-hydrogen) atoms. The summed E-state index contributed by atoms with van der Waals surface area (Å²) in [5.41, 5.74) is 5.25. The largest absolute Gasteiger partial charge is 0.208 e. The Morgan fingerprint density at radius 1 is 0.634 bits per heavy atom. The molecule has 0 saturated heterocycles.